The number of aliphatic hydroxyl groups excluding tert-OH is 1. The lowest BCUT2D eigenvalue weighted by Gasteiger charge is -2.17. The fraction of sp³-hybridized carbons (Fsp3) is 0.462. The van der Waals surface area contributed by atoms with E-state index >= 15 is 0 Å². The Morgan fingerprint density at radius 1 is 1.41 bits per heavy atom. The Morgan fingerprint density at radius 2 is 2.12 bits per heavy atom. The van der Waals surface area contributed by atoms with Gasteiger partial charge in [-0.1, -0.05) is 18.5 Å². The first kappa shape index (κ1) is 12.4. The number of imidazole rings is 1. The normalized spacial score (nSPS) is 15.1. The van der Waals surface area contributed by atoms with Crippen molar-refractivity contribution in [1.82, 2.24) is 9.55 Å². The Kier molecular flexibility index (Phi) is 3.40. The highest BCUT2D eigenvalue weighted by Crippen LogP contribution is 2.28. The fourth-order valence-electron chi connectivity index (χ4n) is 2.03. The van der Waals surface area contributed by atoms with E-state index in [1.165, 1.54) is 0 Å². The van der Waals surface area contributed by atoms with Crippen molar-refractivity contribution >= 4 is 22.6 Å². The second-order valence-electron chi connectivity index (χ2n) is 4.41. The smallest absolute Gasteiger partial charge is 0.138 e. The zero-order chi connectivity index (χ0) is 12.6. The van der Waals surface area contributed by atoms with Gasteiger partial charge in [0.05, 0.1) is 11.0 Å². The van der Waals surface area contributed by atoms with E-state index in [1.54, 1.807) is 6.92 Å². The quantitative estimate of drug-likeness (QED) is 0.904. The van der Waals surface area contributed by atoms with Gasteiger partial charge in [0, 0.05) is 11.1 Å². The number of aromatic nitrogens is 2. The summed E-state index contributed by atoms with van der Waals surface area (Å²) in [5.74, 6) is 0.705. The third kappa shape index (κ3) is 2.17. The van der Waals surface area contributed by atoms with Gasteiger partial charge in [-0.2, -0.15) is 0 Å². The molecule has 0 aliphatic carbocycles. The predicted molar refractivity (Wildman–Crippen MR) is 70.4 cm³/mol. The Hall–Kier alpha value is -1.06. The number of rotatable bonds is 3. The zero-order valence-electron chi connectivity index (χ0n) is 10.3. The molecule has 1 aromatic heterocycles. The first-order valence-corrected chi connectivity index (χ1v) is 6.27. The topological polar surface area (TPSA) is 38.0 Å². The molecule has 0 radical (unpaired) electrons. The van der Waals surface area contributed by atoms with Crippen LogP contribution in [0.1, 0.15) is 45.2 Å². The van der Waals surface area contributed by atoms with Gasteiger partial charge < -0.3 is 9.67 Å². The molecular weight excluding hydrogens is 236 g/mol. The monoisotopic (exact) mass is 252 g/mol. The van der Waals surface area contributed by atoms with Crippen molar-refractivity contribution in [2.75, 3.05) is 0 Å². The van der Waals surface area contributed by atoms with Crippen molar-refractivity contribution in [3.05, 3.63) is 29.0 Å². The highest BCUT2D eigenvalue weighted by atomic mass is 35.5. The molecule has 0 spiro atoms. The average Bonchev–Trinajstić information content (AvgIpc) is 2.66. The van der Waals surface area contributed by atoms with Crippen LogP contribution in [0.15, 0.2) is 18.2 Å². The van der Waals surface area contributed by atoms with Crippen molar-refractivity contribution < 1.29 is 5.11 Å². The molecular formula is C13H17ClN2O. The van der Waals surface area contributed by atoms with Crippen molar-refractivity contribution in [3.8, 4) is 0 Å². The van der Waals surface area contributed by atoms with Gasteiger partial charge in [-0.25, -0.2) is 4.98 Å². The van der Waals surface area contributed by atoms with Gasteiger partial charge in [0.1, 0.15) is 11.9 Å². The second-order valence-corrected chi connectivity index (χ2v) is 4.84. The van der Waals surface area contributed by atoms with Gasteiger partial charge in [-0.3, -0.25) is 0 Å². The molecule has 2 atom stereocenters. The van der Waals surface area contributed by atoms with Crippen LogP contribution >= 0.6 is 11.6 Å². The van der Waals surface area contributed by atoms with Gasteiger partial charge in [0.15, 0.2) is 0 Å². The first-order chi connectivity index (χ1) is 8.04. The summed E-state index contributed by atoms with van der Waals surface area (Å²) in [5.41, 5.74) is 1.87. The van der Waals surface area contributed by atoms with Crippen LogP contribution in [0.5, 0.6) is 0 Å². The van der Waals surface area contributed by atoms with Gasteiger partial charge in [0.2, 0.25) is 0 Å². The van der Waals surface area contributed by atoms with Crippen LogP contribution < -0.4 is 0 Å². The molecule has 0 saturated heterocycles. The Labute approximate surface area is 106 Å². The number of hydrogen-bond donors (Lipinski definition) is 1. The molecule has 17 heavy (non-hydrogen) atoms. The highest BCUT2D eigenvalue weighted by molar-refractivity contribution is 6.31. The van der Waals surface area contributed by atoms with Crippen molar-refractivity contribution in [2.24, 2.45) is 0 Å². The minimum Gasteiger partial charge on any atom is -0.385 e. The summed E-state index contributed by atoms with van der Waals surface area (Å²) in [5, 5.41) is 10.5. The first-order valence-electron chi connectivity index (χ1n) is 5.90. The third-order valence-electron chi connectivity index (χ3n) is 3.08. The lowest BCUT2D eigenvalue weighted by Crippen LogP contribution is -2.10. The molecule has 3 nitrogen and oxygen atoms in total. The summed E-state index contributed by atoms with van der Waals surface area (Å²) in [6.45, 7) is 5.97. The molecule has 1 aromatic carbocycles. The molecule has 0 amide bonds. The standard InChI is InChI=1S/C13H17ClN2O/c1-4-8(2)16-12-7-10(14)5-6-11(12)15-13(16)9(3)17/h5-9,17H,4H2,1-3H3/t8-,9-/m1/s1. The Balaban J connectivity index is 2.73. The number of aliphatic hydroxyl groups is 1. The van der Waals surface area contributed by atoms with E-state index in [0.717, 1.165) is 17.5 Å². The van der Waals surface area contributed by atoms with Gasteiger partial charge in [0.25, 0.3) is 0 Å². The van der Waals surface area contributed by atoms with Crippen LogP contribution in [-0.2, 0) is 0 Å². The maximum atomic E-state index is 9.80. The summed E-state index contributed by atoms with van der Waals surface area (Å²) < 4.78 is 2.08. The van der Waals surface area contributed by atoms with Gasteiger partial charge >= 0.3 is 0 Å². The van der Waals surface area contributed by atoms with E-state index in [1.807, 2.05) is 18.2 Å². The number of hydrogen-bond acceptors (Lipinski definition) is 2. The number of halogens is 1. The van der Waals surface area contributed by atoms with E-state index in [0.29, 0.717) is 16.9 Å². The van der Waals surface area contributed by atoms with E-state index in [2.05, 4.69) is 23.4 Å². The van der Waals surface area contributed by atoms with Crippen LogP contribution in [-0.4, -0.2) is 14.7 Å². The highest BCUT2D eigenvalue weighted by Gasteiger charge is 2.18. The molecule has 0 aliphatic heterocycles. The van der Waals surface area contributed by atoms with E-state index in [4.69, 9.17) is 11.6 Å². The average molecular weight is 253 g/mol. The summed E-state index contributed by atoms with van der Waals surface area (Å²) in [7, 11) is 0. The summed E-state index contributed by atoms with van der Waals surface area (Å²) >= 11 is 6.02. The zero-order valence-corrected chi connectivity index (χ0v) is 11.1. The Morgan fingerprint density at radius 3 is 2.71 bits per heavy atom. The fourth-order valence-corrected chi connectivity index (χ4v) is 2.19. The van der Waals surface area contributed by atoms with Gasteiger partial charge in [-0.15, -0.1) is 0 Å². The SMILES string of the molecule is CC[C@@H](C)n1c([C@@H](C)O)nc2ccc(Cl)cc21. The molecule has 0 saturated carbocycles. The molecule has 92 valence electrons. The Bertz CT molecular complexity index is 533. The van der Waals surface area contributed by atoms with Crippen LogP contribution in [0.3, 0.4) is 0 Å². The van der Waals surface area contributed by atoms with Crippen LogP contribution in [0.4, 0.5) is 0 Å². The molecule has 0 unspecified atom stereocenters. The number of fused-ring (bicyclic) bond motifs is 1. The maximum Gasteiger partial charge on any atom is 0.138 e. The molecule has 2 aromatic rings. The molecule has 2 rings (SSSR count). The third-order valence-corrected chi connectivity index (χ3v) is 3.32. The minimum absolute atomic E-state index is 0.295. The largest absolute Gasteiger partial charge is 0.385 e. The molecule has 0 aliphatic rings. The van der Waals surface area contributed by atoms with E-state index in [9.17, 15) is 5.11 Å². The second kappa shape index (κ2) is 4.67. The summed E-state index contributed by atoms with van der Waals surface area (Å²) in [6, 6.07) is 5.91. The number of benzene rings is 1. The van der Waals surface area contributed by atoms with Crippen LogP contribution in [0, 0.1) is 0 Å². The molecule has 4 heteroatoms. The predicted octanol–water partition coefficient (Wildman–Crippen LogP) is 3.71. The van der Waals surface area contributed by atoms with E-state index in [-0.39, 0.29) is 0 Å². The molecule has 0 fully saturated rings. The van der Waals surface area contributed by atoms with Crippen molar-refractivity contribution in [2.45, 2.75) is 39.3 Å². The maximum absolute atomic E-state index is 9.80. The number of nitrogens with zero attached hydrogens (tertiary/aromatic N) is 2. The molecule has 1 N–H and O–H groups in total. The lowest BCUT2D eigenvalue weighted by molar-refractivity contribution is 0.182. The summed E-state index contributed by atoms with van der Waals surface area (Å²) in [6.07, 6.45) is 0.410. The van der Waals surface area contributed by atoms with Crippen LogP contribution in [0.2, 0.25) is 5.02 Å². The van der Waals surface area contributed by atoms with E-state index < -0.39 is 6.10 Å². The van der Waals surface area contributed by atoms with Crippen molar-refractivity contribution in [1.29, 1.82) is 0 Å². The molecule has 1 heterocycles. The van der Waals surface area contributed by atoms with Crippen LogP contribution in [0.25, 0.3) is 11.0 Å². The molecule has 0 bridgehead atoms. The van der Waals surface area contributed by atoms with Crippen molar-refractivity contribution in [3.63, 3.8) is 0 Å². The summed E-state index contributed by atoms with van der Waals surface area (Å²) in [4.78, 5) is 4.48. The van der Waals surface area contributed by atoms with Gasteiger partial charge in [-0.05, 0) is 38.5 Å². The lowest BCUT2D eigenvalue weighted by atomic mass is 10.2. The minimum atomic E-state index is -0.574.